The molecule has 2 unspecified atom stereocenters. The minimum atomic E-state index is -0.542. The number of alkyl carbamates (subject to hydrolysis) is 1. The zero-order valence-electron chi connectivity index (χ0n) is 16.0. The van der Waals surface area contributed by atoms with Crippen LogP contribution in [0.4, 0.5) is 4.79 Å². The van der Waals surface area contributed by atoms with Crippen molar-refractivity contribution in [2.45, 2.75) is 84.1 Å². The van der Waals surface area contributed by atoms with Crippen molar-refractivity contribution >= 4 is 19.0 Å². The SMILES string of the molecule is CC1N=C(NC(=O)OC(C)(C)C)C=CC1B1OC(C)(C)C(C)(C)O1. The third kappa shape index (κ3) is 4.19. The van der Waals surface area contributed by atoms with E-state index in [1.165, 1.54) is 0 Å². The Kier molecular flexibility index (Phi) is 4.90. The van der Waals surface area contributed by atoms with Crippen molar-refractivity contribution in [1.82, 2.24) is 5.32 Å². The molecule has 0 aliphatic carbocycles. The highest BCUT2D eigenvalue weighted by molar-refractivity contribution is 6.48. The predicted molar refractivity (Wildman–Crippen MR) is 95.2 cm³/mol. The van der Waals surface area contributed by atoms with Crippen molar-refractivity contribution in [2.75, 3.05) is 0 Å². The number of amidine groups is 1. The Hall–Kier alpha value is -1.34. The maximum absolute atomic E-state index is 11.8. The van der Waals surface area contributed by atoms with E-state index in [9.17, 15) is 4.79 Å². The standard InChI is InChI=1S/C17H29BN2O4/c1-11-12(18-23-16(5,6)17(7,8)24-18)9-10-13(19-11)20-14(21)22-15(2,3)4/h9-12H,1-8H3,(H,19,20,21). The van der Waals surface area contributed by atoms with Gasteiger partial charge in [-0.3, -0.25) is 10.3 Å². The molecule has 6 nitrogen and oxygen atoms in total. The molecule has 7 heteroatoms. The molecular weight excluding hydrogens is 307 g/mol. The number of hydrogen-bond acceptors (Lipinski definition) is 5. The summed E-state index contributed by atoms with van der Waals surface area (Å²) in [5.41, 5.74) is -1.28. The van der Waals surface area contributed by atoms with Crippen LogP contribution in [0.3, 0.4) is 0 Å². The summed E-state index contributed by atoms with van der Waals surface area (Å²) in [6.45, 7) is 15.6. The number of nitrogens with one attached hydrogen (secondary N) is 1. The zero-order valence-corrected chi connectivity index (χ0v) is 16.0. The van der Waals surface area contributed by atoms with E-state index < -0.39 is 11.7 Å². The van der Waals surface area contributed by atoms with Crippen molar-refractivity contribution in [3.8, 4) is 0 Å². The fourth-order valence-electron chi connectivity index (χ4n) is 2.56. The first-order valence-corrected chi connectivity index (χ1v) is 8.42. The van der Waals surface area contributed by atoms with Crippen LogP contribution in [-0.2, 0) is 14.0 Å². The maximum atomic E-state index is 11.8. The molecule has 0 aromatic heterocycles. The van der Waals surface area contributed by atoms with Gasteiger partial charge in [-0.1, -0.05) is 6.08 Å². The van der Waals surface area contributed by atoms with Gasteiger partial charge in [-0.2, -0.15) is 0 Å². The minimum absolute atomic E-state index is 0.00441. The van der Waals surface area contributed by atoms with Crippen LogP contribution < -0.4 is 5.32 Å². The Balaban J connectivity index is 2.00. The molecule has 0 spiro atoms. The number of carbonyl (C=O) groups excluding carboxylic acids is 1. The van der Waals surface area contributed by atoms with Gasteiger partial charge in [0.15, 0.2) is 0 Å². The van der Waals surface area contributed by atoms with Gasteiger partial charge in [0, 0.05) is 5.82 Å². The number of dihydropyridines is 1. The highest BCUT2D eigenvalue weighted by atomic mass is 16.7. The number of carbonyl (C=O) groups is 1. The van der Waals surface area contributed by atoms with E-state index in [1.807, 2.05) is 61.5 Å². The van der Waals surface area contributed by atoms with E-state index in [2.05, 4.69) is 10.3 Å². The summed E-state index contributed by atoms with van der Waals surface area (Å²) in [5.74, 6) is 0.486. The molecular formula is C17H29BN2O4. The monoisotopic (exact) mass is 336 g/mol. The van der Waals surface area contributed by atoms with Crippen LogP contribution in [0.1, 0.15) is 55.4 Å². The lowest BCUT2D eigenvalue weighted by Gasteiger charge is -2.32. The van der Waals surface area contributed by atoms with Crippen LogP contribution >= 0.6 is 0 Å². The van der Waals surface area contributed by atoms with E-state index in [1.54, 1.807) is 6.08 Å². The van der Waals surface area contributed by atoms with E-state index in [0.29, 0.717) is 5.84 Å². The number of ether oxygens (including phenoxy) is 1. The molecule has 0 aromatic rings. The average molecular weight is 336 g/mol. The second kappa shape index (κ2) is 6.19. The molecule has 0 aromatic carbocycles. The van der Waals surface area contributed by atoms with Crippen LogP contribution in [0, 0.1) is 0 Å². The molecule has 0 bridgehead atoms. The Morgan fingerprint density at radius 2 is 1.79 bits per heavy atom. The molecule has 1 saturated heterocycles. The van der Waals surface area contributed by atoms with Gasteiger partial charge in [-0.15, -0.1) is 0 Å². The number of nitrogens with zero attached hydrogens (tertiary/aromatic N) is 1. The molecule has 2 heterocycles. The quantitative estimate of drug-likeness (QED) is 0.746. The van der Waals surface area contributed by atoms with Gasteiger partial charge in [-0.25, -0.2) is 4.79 Å². The molecule has 1 amide bonds. The van der Waals surface area contributed by atoms with E-state index >= 15 is 0 Å². The number of hydrogen-bond donors (Lipinski definition) is 1. The fourth-order valence-corrected chi connectivity index (χ4v) is 2.56. The fraction of sp³-hybridized carbons (Fsp3) is 0.765. The molecule has 2 aliphatic heterocycles. The van der Waals surface area contributed by atoms with Gasteiger partial charge in [0.05, 0.1) is 17.2 Å². The molecule has 2 aliphatic rings. The first-order chi connectivity index (χ1) is 10.8. The van der Waals surface area contributed by atoms with Gasteiger partial charge in [0.25, 0.3) is 0 Å². The molecule has 2 atom stereocenters. The smallest absolute Gasteiger partial charge is 0.444 e. The summed E-state index contributed by atoms with van der Waals surface area (Å²) in [5, 5.41) is 2.67. The molecule has 2 rings (SSSR count). The summed E-state index contributed by atoms with van der Waals surface area (Å²) < 4.78 is 17.4. The van der Waals surface area contributed by atoms with Crippen LogP contribution in [-0.4, -0.2) is 41.9 Å². The molecule has 1 fully saturated rings. The lowest BCUT2D eigenvalue weighted by molar-refractivity contribution is 0.00578. The minimum Gasteiger partial charge on any atom is -0.444 e. The normalized spacial score (nSPS) is 28.5. The van der Waals surface area contributed by atoms with Crippen LogP contribution in [0.2, 0.25) is 5.82 Å². The van der Waals surface area contributed by atoms with Crippen molar-refractivity contribution in [3.05, 3.63) is 12.2 Å². The van der Waals surface area contributed by atoms with E-state index in [0.717, 1.165) is 0 Å². The van der Waals surface area contributed by atoms with Gasteiger partial charge < -0.3 is 14.0 Å². The molecule has 0 radical (unpaired) electrons. The Morgan fingerprint density at radius 1 is 1.25 bits per heavy atom. The van der Waals surface area contributed by atoms with Crippen LogP contribution in [0.15, 0.2) is 17.1 Å². The third-order valence-electron chi connectivity index (χ3n) is 4.59. The van der Waals surface area contributed by atoms with Gasteiger partial charge in [0.2, 0.25) is 0 Å². The van der Waals surface area contributed by atoms with E-state index in [-0.39, 0.29) is 30.2 Å². The van der Waals surface area contributed by atoms with Gasteiger partial charge in [-0.05, 0) is 61.5 Å². The lowest BCUT2D eigenvalue weighted by atomic mass is 9.67. The zero-order chi connectivity index (χ0) is 18.3. The second-order valence-corrected chi connectivity index (χ2v) is 8.44. The van der Waals surface area contributed by atoms with Crippen LogP contribution in [0.25, 0.3) is 0 Å². The summed E-state index contributed by atoms with van der Waals surface area (Å²) in [7, 11) is -0.354. The molecule has 134 valence electrons. The highest BCUT2D eigenvalue weighted by Crippen LogP contribution is 2.42. The van der Waals surface area contributed by atoms with Crippen molar-refractivity contribution in [3.63, 3.8) is 0 Å². The van der Waals surface area contributed by atoms with Crippen molar-refractivity contribution < 1.29 is 18.8 Å². The number of rotatable bonds is 1. The molecule has 0 saturated carbocycles. The first kappa shape index (κ1) is 19.0. The summed E-state index contributed by atoms with van der Waals surface area (Å²) >= 11 is 0. The highest BCUT2D eigenvalue weighted by Gasteiger charge is 2.54. The lowest BCUT2D eigenvalue weighted by Crippen LogP contribution is -2.41. The molecule has 1 N–H and O–H groups in total. The Morgan fingerprint density at radius 3 is 2.25 bits per heavy atom. The second-order valence-electron chi connectivity index (χ2n) is 8.44. The first-order valence-electron chi connectivity index (χ1n) is 8.42. The van der Waals surface area contributed by atoms with Crippen LogP contribution in [0.5, 0.6) is 0 Å². The van der Waals surface area contributed by atoms with Crippen molar-refractivity contribution in [1.29, 1.82) is 0 Å². The van der Waals surface area contributed by atoms with Gasteiger partial charge >= 0.3 is 13.2 Å². The molecule has 24 heavy (non-hydrogen) atoms. The predicted octanol–water partition coefficient (Wildman–Crippen LogP) is 3.33. The third-order valence-corrected chi connectivity index (χ3v) is 4.59. The number of aliphatic imine (C=N–C) groups is 1. The average Bonchev–Trinajstić information content (AvgIpc) is 2.55. The topological polar surface area (TPSA) is 69.2 Å². The Bertz CT molecular complexity index is 547. The summed E-state index contributed by atoms with van der Waals surface area (Å²) in [6, 6.07) is -0.0744. The van der Waals surface area contributed by atoms with E-state index in [4.69, 9.17) is 14.0 Å². The Labute approximate surface area is 145 Å². The van der Waals surface area contributed by atoms with Gasteiger partial charge in [0.1, 0.15) is 11.4 Å². The summed E-state index contributed by atoms with van der Waals surface area (Å²) in [4.78, 5) is 16.4. The summed E-state index contributed by atoms with van der Waals surface area (Å²) in [6.07, 6.45) is 3.25. The van der Waals surface area contributed by atoms with Crippen molar-refractivity contribution in [2.24, 2.45) is 4.99 Å². The number of amides is 1. The largest absolute Gasteiger partial charge is 0.467 e. The maximum Gasteiger partial charge on any atom is 0.467 e.